The summed E-state index contributed by atoms with van der Waals surface area (Å²) in [6.45, 7) is 3.36. The number of hydrogen-bond donors (Lipinski definition) is 0. The van der Waals surface area contributed by atoms with Crippen molar-refractivity contribution < 1.29 is 25.2 Å². The number of hydrogen-bond acceptors (Lipinski definition) is 7. The third-order valence-corrected chi connectivity index (χ3v) is 9.48. The minimum absolute atomic E-state index is 0.0445. The third kappa shape index (κ3) is 3.60. The van der Waals surface area contributed by atoms with Crippen molar-refractivity contribution in [3.63, 3.8) is 0 Å². The van der Waals surface area contributed by atoms with E-state index in [-0.39, 0.29) is 23.0 Å². The largest absolute Gasteiger partial charge is 0.297 e. The van der Waals surface area contributed by atoms with Crippen molar-refractivity contribution in [1.29, 1.82) is 0 Å². The highest BCUT2D eigenvalue weighted by Crippen LogP contribution is 2.44. The molecule has 1 heterocycles. The van der Waals surface area contributed by atoms with Crippen LogP contribution in [0.15, 0.2) is 70.5 Å². The monoisotopic (exact) mass is 500 g/mol. The molecule has 5 rings (SSSR count). The van der Waals surface area contributed by atoms with E-state index in [0.29, 0.717) is 5.39 Å². The molecule has 0 saturated heterocycles. The van der Waals surface area contributed by atoms with Gasteiger partial charge in [0.1, 0.15) is 4.90 Å². The maximum atomic E-state index is 12.8. The molecule has 0 aliphatic heterocycles. The van der Waals surface area contributed by atoms with Crippen LogP contribution in [0.5, 0.6) is 0 Å². The Labute approximate surface area is 195 Å². The van der Waals surface area contributed by atoms with E-state index in [2.05, 4.69) is 0 Å². The molecule has 0 radical (unpaired) electrons. The van der Waals surface area contributed by atoms with Gasteiger partial charge < -0.3 is 0 Å². The molecular formula is C24H20O6S3. The van der Waals surface area contributed by atoms with Gasteiger partial charge in [0.15, 0.2) is 0 Å². The number of thiophene rings is 1. The molecule has 1 aromatic heterocycles. The fourth-order valence-electron chi connectivity index (χ4n) is 4.17. The molecule has 5 aromatic rings. The van der Waals surface area contributed by atoms with Gasteiger partial charge in [-0.3, -0.25) is 8.37 Å². The molecule has 33 heavy (non-hydrogen) atoms. The van der Waals surface area contributed by atoms with Crippen molar-refractivity contribution >= 4 is 73.3 Å². The molecule has 6 nitrogen and oxygen atoms in total. The molecule has 0 amide bonds. The number of fused-ring (bicyclic) bond motifs is 7. The van der Waals surface area contributed by atoms with Crippen LogP contribution in [0.25, 0.3) is 41.7 Å². The molecule has 170 valence electrons. The fourth-order valence-corrected chi connectivity index (χ4v) is 7.62. The van der Waals surface area contributed by atoms with Crippen LogP contribution in [-0.2, 0) is 28.6 Å². The van der Waals surface area contributed by atoms with E-state index in [9.17, 15) is 16.8 Å². The van der Waals surface area contributed by atoms with Gasteiger partial charge in [-0.2, -0.15) is 16.8 Å². The Hall–Kier alpha value is -2.56. The molecule has 0 atom stereocenters. The molecule has 0 aliphatic carbocycles. The zero-order valence-corrected chi connectivity index (χ0v) is 20.3. The molecule has 0 aliphatic rings. The van der Waals surface area contributed by atoms with Crippen molar-refractivity contribution in [2.75, 3.05) is 13.2 Å². The summed E-state index contributed by atoms with van der Waals surface area (Å²) in [5.41, 5.74) is 0. The molecule has 0 unspecified atom stereocenters. The normalized spacial score (nSPS) is 12.9. The van der Waals surface area contributed by atoms with Gasteiger partial charge in [0, 0.05) is 30.9 Å². The van der Waals surface area contributed by atoms with Crippen LogP contribution in [-0.4, -0.2) is 30.0 Å². The summed E-state index contributed by atoms with van der Waals surface area (Å²) in [6.07, 6.45) is 0. The minimum atomic E-state index is -3.93. The molecule has 0 fully saturated rings. The van der Waals surface area contributed by atoms with E-state index in [1.807, 2.05) is 24.3 Å². The van der Waals surface area contributed by atoms with Gasteiger partial charge in [0.2, 0.25) is 0 Å². The van der Waals surface area contributed by atoms with Gasteiger partial charge in [-0.25, -0.2) is 0 Å². The topological polar surface area (TPSA) is 86.7 Å². The van der Waals surface area contributed by atoms with Crippen LogP contribution in [0, 0.1) is 0 Å². The smallest absolute Gasteiger partial charge is 0.267 e. The lowest BCUT2D eigenvalue weighted by Gasteiger charge is -2.09. The third-order valence-electron chi connectivity index (χ3n) is 5.50. The maximum Gasteiger partial charge on any atom is 0.297 e. The number of rotatable bonds is 6. The average Bonchev–Trinajstić information content (AvgIpc) is 3.17. The standard InChI is InChI=1S/C24H20O6S3/c1-3-29-32(25,26)16-11-9-15-10-12-19-23-18-8-6-5-7-17(18)22(33(27,28)30-4-2)14-21(23)31-24(19)20(15)13-16/h5-14H,3-4H2,1-2H3. The highest BCUT2D eigenvalue weighted by Gasteiger charge is 2.22. The second kappa shape index (κ2) is 8.03. The van der Waals surface area contributed by atoms with Crippen molar-refractivity contribution in [3.8, 4) is 0 Å². The molecular weight excluding hydrogens is 480 g/mol. The van der Waals surface area contributed by atoms with Gasteiger partial charge in [-0.05, 0) is 42.8 Å². The predicted octanol–water partition coefficient (Wildman–Crippen LogP) is 5.81. The van der Waals surface area contributed by atoms with E-state index in [1.54, 1.807) is 44.2 Å². The van der Waals surface area contributed by atoms with E-state index in [1.165, 1.54) is 17.4 Å². The van der Waals surface area contributed by atoms with Crippen molar-refractivity contribution in [3.05, 3.63) is 60.7 Å². The fraction of sp³-hybridized carbons (Fsp3) is 0.167. The zero-order chi connectivity index (χ0) is 23.4. The minimum Gasteiger partial charge on any atom is -0.267 e. The lowest BCUT2D eigenvalue weighted by atomic mass is 10.0. The van der Waals surface area contributed by atoms with Crippen LogP contribution >= 0.6 is 11.3 Å². The highest BCUT2D eigenvalue weighted by molar-refractivity contribution is 7.87. The first kappa shape index (κ1) is 22.2. The Morgan fingerprint density at radius 2 is 1.39 bits per heavy atom. The van der Waals surface area contributed by atoms with Gasteiger partial charge >= 0.3 is 0 Å². The second-order valence-corrected chi connectivity index (χ2v) is 11.7. The summed E-state index contributed by atoms with van der Waals surface area (Å²) < 4.78 is 62.3. The molecule has 9 heteroatoms. The summed E-state index contributed by atoms with van der Waals surface area (Å²) in [5.74, 6) is 0. The van der Waals surface area contributed by atoms with Crippen LogP contribution < -0.4 is 0 Å². The lowest BCUT2D eigenvalue weighted by Crippen LogP contribution is -2.06. The Morgan fingerprint density at radius 1 is 0.727 bits per heavy atom. The van der Waals surface area contributed by atoms with Gasteiger partial charge in [0.05, 0.1) is 18.1 Å². The van der Waals surface area contributed by atoms with Gasteiger partial charge in [0.25, 0.3) is 20.2 Å². The Bertz CT molecular complexity index is 1770. The van der Waals surface area contributed by atoms with E-state index in [4.69, 9.17) is 8.37 Å². The van der Waals surface area contributed by atoms with E-state index >= 15 is 0 Å². The highest BCUT2D eigenvalue weighted by atomic mass is 32.2. The van der Waals surface area contributed by atoms with E-state index in [0.717, 1.165) is 36.3 Å². The zero-order valence-electron chi connectivity index (χ0n) is 17.9. The quantitative estimate of drug-likeness (QED) is 0.273. The summed E-state index contributed by atoms with van der Waals surface area (Å²) in [5, 5.41) is 4.91. The summed E-state index contributed by atoms with van der Waals surface area (Å²) in [4.78, 5) is 0.217. The first-order chi connectivity index (χ1) is 15.8. The first-order valence-corrected chi connectivity index (χ1v) is 14.0. The maximum absolute atomic E-state index is 12.8. The van der Waals surface area contributed by atoms with Crippen LogP contribution in [0.4, 0.5) is 0 Å². The predicted molar refractivity (Wildman–Crippen MR) is 132 cm³/mol. The molecule has 4 aromatic carbocycles. The van der Waals surface area contributed by atoms with Crippen molar-refractivity contribution in [2.45, 2.75) is 23.6 Å². The summed E-state index contributed by atoms with van der Waals surface area (Å²) >= 11 is 1.43. The Morgan fingerprint density at radius 3 is 2.12 bits per heavy atom. The second-order valence-electron chi connectivity index (χ2n) is 7.44. The summed E-state index contributed by atoms with van der Waals surface area (Å²) in [7, 11) is -7.79. The number of benzene rings is 4. The van der Waals surface area contributed by atoms with Crippen LogP contribution in [0.3, 0.4) is 0 Å². The van der Waals surface area contributed by atoms with Gasteiger partial charge in [-0.15, -0.1) is 11.3 Å². The Kier molecular flexibility index (Phi) is 5.42. The first-order valence-electron chi connectivity index (χ1n) is 10.4. The molecule has 0 spiro atoms. The molecule has 0 saturated carbocycles. The molecule has 0 bridgehead atoms. The molecule has 0 N–H and O–H groups in total. The summed E-state index contributed by atoms with van der Waals surface area (Å²) in [6, 6.07) is 17.9. The van der Waals surface area contributed by atoms with E-state index < -0.39 is 20.2 Å². The van der Waals surface area contributed by atoms with Crippen molar-refractivity contribution in [2.24, 2.45) is 0 Å². The van der Waals surface area contributed by atoms with Crippen LogP contribution in [0.2, 0.25) is 0 Å². The lowest BCUT2D eigenvalue weighted by molar-refractivity contribution is 0.337. The Balaban J connectivity index is 1.90. The average molecular weight is 501 g/mol. The van der Waals surface area contributed by atoms with Crippen LogP contribution in [0.1, 0.15) is 13.8 Å². The van der Waals surface area contributed by atoms with Gasteiger partial charge in [-0.1, -0.05) is 42.5 Å². The van der Waals surface area contributed by atoms with Crippen molar-refractivity contribution in [1.82, 2.24) is 0 Å². The SMILES string of the molecule is CCOS(=O)(=O)c1ccc2ccc3c(sc4cc(S(=O)(=O)OCC)c5ccccc5c43)c2c1.